The van der Waals surface area contributed by atoms with E-state index in [2.05, 4.69) is 23.6 Å². The molecule has 1 aromatic carbocycles. The van der Waals surface area contributed by atoms with Crippen LogP contribution < -0.4 is 9.47 Å². The van der Waals surface area contributed by atoms with Crippen LogP contribution in [0.1, 0.15) is 19.4 Å². The van der Waals surface area contributed by atoms with Crippen LogP contribution >= 0.6 is 0 Å². The number of benzene rings is 1. The molecule has 5 heteroatoms. The molecular formula is C16H24N2O3. The number of nitrogens with zero attached hydrogens (tertiary/aromatic N) is 2. The van der Waals surface area contributed by atoms with Crippen LogP contribution in [0.3, 0.4) is 0 Å². The number of hydrogen-bond acceptors (Lipinski definition) is 5. The van der Waals surface area contributed by atoms with Crippen LogP contribution in [-0.4, -0.2) is 54.4 Å². The first-order chi connectivity index (χ1) is 10.1. The Morgan fingerprint density at radius 2 is 1.67 bits per heavy atom. The van der Waals surface area contributed by atoms with Crippen molar-refractivity contribution in [2.75, 3.05) is 39.5 Å². The molecule has 0 atom stereocenters. The molecule has 0 amide bonds. The third-order valence-corrected chi connectivity index (χ3v) is 4.06. The Hall–Kier alpha value is -1.46. The van der Waals surface area contributed by atoms with Crippen molar-refractivity contribution in [1.29, 1.82) is 0 Å². The summed E-state index contributed by atoms with van der Waals surface area (Å²) in [5.41, 5.74) is 0.913. The van der Waals surface area contributed by atoms with Gasteiger partial charge in [0.1, 0.15) is 5.75 Å². The van der Waals surface area contributed by atoms with Crippen molar-refractivity contribution in [2.24, 2.45) is 5.92 Å². The van der Waals surface area contributed by atoms with E-state index in [0.29, 0.717) is 11.5 Å². The summed E-state index contributed by atoms with van der Waals surface area (Å²) < 4.78 is 10.7. The molecule has 1 N–H and O–H groups in total. The number of phenolic OH excluding ortho intramolecular Hbond substituents is 1. The van der Waals surface area contributed by atoms with Gasteiger partial charge in [-0.15, -0.1) is 0 Å². The molecule has 2 aliphatic heterocycles. The fraction of sp³-hybridized carbons (Fsp3) is 0.625. The largest absolute Gasteiger partial charge is 0.507 e. The van der Waals surface area contributed by atoms with Crippen LogP contribution in [0.25, 0.3) is 0 Å². The summed E-state index contributed by atoms with van der Waals surface area (Å²) >= 11 is 0. The fourth-order valence-corrected chi connectivity index (χ4v) is 2.99. The quantitative estimate of drug-likeness (QED) is 0.918. The van der Waals surface area contributed by atoms with Crippen LogP contribution in [0.5, 0.6) is 17.2 Å². The summed E-state index contributed by atoms with van der Waals surface area (Å²) in [5.74, 6) is 2.39. The number of rotatable bonds is 4. The van der Waals surface area contributed by atoms with Crippen molar-refractivity contribution < 1.29 is 14.6 Å². The zero-order chi connectivity index (χ0) is 14.8. The number of hydrogen-bond donors (Lipinski definition) is 1. The molecule has 3 rings (SSSR count). The molecule has 2 heterocycles. The van der Waals surface area contributed by atoms with Crippen LogP contribution in [0.15, 0.2) is 12.1 Å². The maximum absolute atomic E-state index is 10.1. The molecule has 21 heavy (non-hydrogen) atoms. The van der Waals surface area contributed by atoms with E-state index in [4.69, 9.17) is 9.47 Å². The van der Waals surface area contributed by atoms with E-state index < -0.39 is 0 Å². The van der Waals surface area contributed by atoms with Gasteiger partial charge in [-0.3, -0.25) is 4.90 Å². The highest BCUT2D eigenvalue weighted by molar-refractivity contribution is 5.51. The van der Waals surface area contributed by atoms with Crippen molar-refractivity contribution in [2.45, 2.75) is 20.4 Å². The molecule has 0 unspecified atom stereocenters. The molecule has 0 spiro atoms. The van der Waals surface area contributed by atoms with Gasteiger partial charge in [0.05, 0.1) is 0 Å². The lowest BCUT2D eigenvalue weighted by Crippen LogP contribution is -2.46. The number of fused-ring (bicyclic) bond motifs is 1. The zero-order valence-corrected chi connectivity index (χ0v) is 12.8. The van der Waals surface area contributed by atoms with Crippen LogP contribution in [-0.2, 0) is 6.54 Å². The lowest BCUT2D eigenvalue weighted by Gasteiger charge is -2.35. The van der Waals surface area contributed by atoms with Crippen LogP contribution in [0.4, 0.5) is 0 Å². The Balaban J connectivity index is 1.58. The molecule has 0 aliphatic carbocycles. The second kappa shape index (κ2) is 6.12. The van der Waals surface area contributed by atoms with E-state index in [1.165, 1.54) is 6.54 Å². The van der Waals surface area contributed by atoms with Crippen molar-refractivity contribution in [3.05, 3.63) is 17.7 Å². The van der Waals surface area contributed by atoms with Crippen molar-refractivity contribution in [1.82, 2.24) is 9.80 Å². The maximum atomic E-state index is 10.1. The van der Waals surface area contributed by atoms with Gasteiger partial charge in [-0.1, -0.05) is 13.8 Å². The van der Waals surface area contributed by atoms with Crippen molar-refractivity contribution in [3.8, 4) is 17.2 Å². The van der Waals surface area contributed by atoms with Gasteiger partial charge in [0, 0.05) is 50.9 Å². The number of aromatic hydroxyl groups is 1. The molecule has 116 valence electrons. The first-order valence-corrected chi connectivity index (χ1v) is 7.68. The monoisotopic (exact) mass is 292 g/mol. The summed E-state index contributed by atoms with van der Waals surface area (Å²) in [7, 11) is 0. The topological polar surface area (TPSA) is 45.2 Å². The van der Waals surface area contributed by atoms with Gasteiger partial charge >= 0.3 is 0 Å². The lowest BCUT2D eigenvalue weighted by atomic mass is 10.1. The summed E-state index contributed by atoms with van der Waals surface area (Å²) in [4.78, 5) is 4.90. The Bertz CT molecular complexity index is 497. The molecule has 2 aliphatic rings. The molecule has 1 fully saturated rings. The Morgan fingerprint density at radius 1 is 1.05 bits per heavy atom. The highest BCUT2D eigenvalue weighted by atomic mass is 16.7. The first kappa shape index (κ1) is 14.5. The Labute approximate surface area is 126 Å². The Morgan fingerprint density at radius 3 is 2.33 bits per heavy atom. The van der Waals surface area contributed by atoms with E-state index in [1.54, 1.807) is 6.07 Å². The number of ether oxygens (including phenoxy) is 2. The lowest BCUT2D eigenvalue weighted by molar-refractivity contribution is 0.117. The van der Waals surface area contributed by atoms with Crippen LogP contribution in [0.2, 0.25) is 0 Å². The zero-order valence-electron chi connectivity index (χ0n) is 12.8. The first-order valence-electron chi connectivity index (χ1n) is 7.68. The molecular weight excluding hydrogens is 268 g/mol. The second-order valence-corrected chi connectivity index (χ2v) is 6.30. The molecule has 5 nitrogen and oxygen atoms in total. The highest BCUT2D eigenvalue weighted by Crippen LogP contribution is 2.38. The molecule has 1 saturated heterocycles. The van der Waals surface area contributed by atoms with E-state index in [1.807, 2.05) is 6.07 Å². The third-order valence-electron chi connectivity index (χ3n) is 4.06. The summed E-state index contributed by atoms with van der Waals surface area (Å²) in [6.07, 6.45) is 0. The minimum absolute atomic E-state index is 0.242. The van der Waals surface area contributed by atoms with E-state index >= 15 is 0 Å². The third kappa shape index (κ3) is 3.41. The predicted octanol–water partition coefficient (Wildman–Crippen LogP) is 1.89. The van der Waals surface area contributed by atoms with Gasteiger partial charge in [-0.2, -0.15) is 0 Å². The predicted molar refractivity (Wildman–Crippen MR) is 80.8 cm³/mol. The maximum Gasteiger partial charge on any atom is 0.231 e. The van der Waals surface area contributed by atoms with Crippen molar-refractivity contribution >= 4 is 0 Å². The summed E-state index contributed by atoms with van der Waals surface area (Å²) in [6, 6.07) is 3.56. The molecule has 0 radical (unpaired) electrons. The minimum atomic E-state index is 0.242. The van der Waals surface area contributed by atoms with Gasteiger partial charge in [-0.25, -0.2) is 0 Å². The number of piperazine rings is 1. The van der Waals surface area contributed by atoms with Crippen molar-refractivity contribution in [3.63, 3.8) is 0 Å². The number of phenols is 1. The second-order valence-electron chi connectivity index (χ2n) is 6.30. The van der Waals surface area contributed by atoms with Gasteiger partial charge in [0.15, 0.2) is 11.5 Å². The van der Waals surface area contributed by atoms with Gasteiger partial charge in [0.2, 0.25) is 6.79 Å². The van der Waals surface area contributed by atoms with Gasteiger partial charge < -0.3 is 19.5 Å². The molecule has 0 aromatic heterocycles. The standard InChI is InChI=1S/C16H24N2O3/c1-12(2)9-17-3-5-18(6-4-17)10-13-7-15-16(8-14(13)19)21-11-20-15/h7-8,12,19H,3-6,9-11H2,1-2H3. The molecule has 0 bridgehead atoms. The van der Waals surface area contributed by atoms with Gasteiger partial charge in [0.25, 0.3) is 0 Å². The van der Waals surface area contributed by atoms with Crippen LogP contribution in [0, 0.1) is 5.92 Å². The average Bonchev–Trinajstić information content (AvgIpc) is 2.88. The average molecular weight is 292 g/mol. The summed E-state index contributed by atoms with van der Waals surface area (Å²) in [6.45, 7) is 11.0. The molecule has 1 aromatic rings. The fourth-order valence-electron chi connectivity index (χ4n) is 2.99. The van der Waals surface area contributed by atoms with E-state index in [-0.39, 0.29) is 6.79 Å². The summed E-state index contributed by atoms with van der Waals surface area (Å²) in [5, 5.41) is 10.1. The normalized spacial score (nSPS) is 19.4. The Kier molecular flexibility index (Phi) is 4.22. The van der Waals surface area contributed by atoms with E-state index in [9.17, 15) is 5.11 Å². The highest BCUT2D eigenvalue weighted by Gasteiger charge is 2.21. The SMILES string of the molecule is CC(C)CN1CCN(Cc2cc3c(cc2O)OCO3)CC1. The van der Waals surface area contributed by atoms with Gasteiger partial charge in [-0.05, 0) is 12.0 Å². The van der Waals surface area contributed by atoms with E-state index in [0.717, 1.165) is 50.0 Å². The molecule has 0 saturated carbocycles. The smallest absolute Gasteiger partial charge is 0.231 e. The minimum Gasteiger partial charge on any atom is -0.507 e.